The highest BCUT2D eigenvalue weighted by Crippen LogP contribution is 2.27. The van der Waals surface area contributed by atoms with Crippen molar-refractivity contribution in [1.82, 2.24) is 5.32 Å². The van der Waals surface area contributed by atoms with Crippen molar-refractivity contribution < 1.29 is 13.5 Å². The van der Waals surface area contributed by atoms with Crippen molar-refractivity contribution in [3.8, 4) is 5.75 Å². The molecule has 100 valence electrons. The van der Waals surface area contributed by atoms with E-state index >= 15 is 0 Å². The summed E-state index contributed by atoms with van der Waals surface area (Å²) in [7, 11) is 3.27. The molecule has 0 aliphatic heterocycles. The van der Waals surface area contributed by atoms with E-state index in [1.807, 2.05) is 12.1 Å². The van der Waals surface area contributed by atoms with Crippen molar-refractivity contribution in [1.29, 1.82) is 0 Å². The summed E-state index contributed by atoms with van der Waals surface area (Å²) in [6.45, 7) is 0. The molecule has 1 atom stereocenters. The SMILES string of the molecule is CNC(c1cccc(OC)c1)c1cccc(F)c1F. The quantitative estimate of drug-likeness (QED) is 0.914. The van der Waals surface area contributed by atoms with Crippen molar-refractivity contribution in [3.63, 3.8) is 0 Å². The lowest BCUT2D eigenvalue weighted by Gasteiger charge is -2.18. The Morgan fingerprint density at radius 3 is 2.53 bits per heavy atom. The molecule has 1 unspecified atom stereocenters. The Balaban J connectivity index is 2.46. The molecule has 0 aromatic heterocycles. The Morgan fingerprint density at radius 2 is 1.84 bits per heavy atom. The Kier molecular flexibility index (Phi) is 4.12. The summed E-state index contributed by atoms with van der Waals surface area (Å²) < 4.78 is 32.3. The first-order valence-electron chi connectivity index (χ1n) is 5.92. The maximum Gasteiger partial charge on any atom is 0.163 e. The van der Waals surface area contributed by atoms with Crippen molar-refractivity contribution in [2.24, 2.45) is 0 Å². The topological polar surface area (TPSA) is 21.3 Å². The third-order valence-electron chi connectivity index (χ3n) is 3.01. The van der Waals surface area contributed by atoms with Crippen LogP contribution in [0, 0.1) is 11.6 Å². The average molecular weight is 263 g/mol. The maximum atomic E-state index is 13.9. The zero-order valence-electron chi connectivity index (χ0n) is 10.8. The van der Waals surface area contributed by atoms with Gasteiger partial charge in [-0.05, 0) is 30.8 Å². The smallest absolute Gasteiger partial charge is 0.163 e. The van der Waals surface area contributed by atoms with Crippen molar-refractivity contribution in [3.05, 3.63) is 65.2 Å². The molecule has 0 saturated carbocycles. The monoisotopic (exact) mass is 263 g/mol. The third-order valence-corrected chi connectivity index (χ3v) is 3.01. The lowest BCUT2D eigenvalue weighted by molar-refractivity contribution is 0.413. The Hall–Kier alpha value is -1.94. The molecule has 0 heterocycles. The van der Waals surface area contributed by atoms with Crippen LogP contribution in [0.2, 0.25) is 0 Å². The summed E-state index contributed by atoms with van der Waals surface area (Å²) in [5.41, 5.74) is 1.09. The average Bonchev–Trinajstić information content (AvgIpc) is 2.44. The van der Waals surface area contributed by atoms with Gasteiger partial charge in [-0.2, -0.15) is 0 Å². The molecule has 19 heavy (non-hydrogen) atoms. The zero-order valence-corrected chi connectivity index (χ0v) is 10.8. The number of nitrogens with one attached hydrogen (secondary N) is 1. The minimum atomic E-state index is -0.847. The summed E-state index contributed by atoms with van der Waals surface area (Å²) >= 11 is 0. The molecule has 1 N–H and O–H groups in total. The third kappa shape index (κ3) is 2.74. The van der Waals surface area contributed by atoms with Gasteiger partial charge in [0.15, 0.2) is 11.6 Å². The van der Waals surface area contributed by atoms with E-state index < -0.39 is 17.7 Å². The first kappa shape index (κ1) is 13.5. The van der Waals surface area contributed by atoms with Crippen molar-refractivity contribution in [2.75, 3.05) is 14.2 Å². The molecule has 4 heteroatoms. The minimum Gasteiger partial charge on any atom is -0.497 e. The normalized spacial score (nSPS) is 12.2. The van der Waals surface area contributed by atoms with Crippen LogP contribution in [0.3, 0.4) is 0 Å². The Bertz CT molecular complexity index is 572. The van der Waals surface area contributed by atoms with Crippen LogP contribution in [0.25, 0.3) is 0 Å². The van der Waals surface area contributed by atoms with E-state index in [-0.39, 0.29) is 5.56 Å². The summed E-state index contributed by atoms with van der Waals surface area (Å²) in [6, 6.07) is 11.0. The molecular weight excluding hydrogens is 248 g/mol. The van der Waals surface area contributed by atoms with Crippen LogP contribution in [0.15, 0.2) is 42.5 Å². The number of benzene rings is 2. The molecular formula is C15H15F2NO. The first-order chi connectivity index (χ1) is 9.17. The molecule has 2 aromatic carbocycles. The van der Waals surface area contributed by atoms with Crippen LogP contribution >= 0.6 is 0 Å². The first-order valence-corrected chi connectivity index (χ1v) is 5.92. The predicted octanol–water partition coefficient (Wildman–Crippen LogP) is 3.28. The molecule has 0 spiro atoms. The van der Waals surface area contributed by atoms with E-state index in [2.05, 4.69) is 5.32 Å². The Morgan fingerprint density at radius 1 is 1.11 bits per heavy atom. The van der Waals surface area contributed by atoms with Crippen LogP contribution in [0.5, 0.6) is 5.75 Å². The molecule has 0 aliphatic rings. The minimum absolute atomic E-state index is 0.274. The zero-order chi connectivity index (χ0) is 13.8. The van der Waals surface area contributed by atoms with E-state index in [1.165, 1.54) is 6.07 Å². The van der Waals surface area contributed by atoms with Gasteiger partial charge in [-0.25, -0.2) is 8.78 Å². The van der Waals surface area contributed by atoms with Crippen molar-refractivity contribution in [2.45, 2.75) is 6.04 Å². The van der Waals surface area contributed by atoms with Gasteiger partial charge < -0.3 is 10.1 Å². The van der Waals surface area contributed by atoms with E-state index in [9.17, 15) is 8.78 Å². The molecule has 2 aromatic rings. The van der Waals surface area contributed by atoms with E-state index in [4.69, 9.17) is 4.74 Å². The van der Waals surface area contributed by atoms with Crippen LogP contribution in [-0.2, 0) is 0 Å². The molecule has 0 fully saturated rings. The second-order valence-corrected chi connectivity index (χ2v) is 4.14. The van der Waals surface area contributed by atoms with Crippen LogP contribution in [-0.4, -0.2) is 14.2 Å². The van der Waals surface area contributed by atoms with Crippen LogP contribution < -0.4 is 10.1 Å². The van der Waals surface area contributed by atoms with Gasteiger partial charge >= 0.3 is 0 Å². The molecule has 0 aliphatic carbocycles. The highest BCUT2D eigenvalue weighted by molar-refractivity contribution is 5.37. The second kappa shape index (κ2) is 5.80. The lowest BCUT2D eigenvalue weighted by Crippen LogP contribution is -2.19. The molecule has 0 saturated heterocycles. The molecule has 0 radical (unpaired) electrons. The summed E-state index contributed by atoms with van der Waals surface area (Å²) in [4.78, 5) is 0. The number of hydrogen-bond donors (Lipinski definition) is 1. The fourth-order valence-corrected chi connectivity index (χ4v) is 2.07. The van der Waals surface area contributed by atoms with Crippen LogP contribution in [0.1, 0.15) is 17.2 Å². The predicted molar refractivity (Wildman–Crippen MR) is 70.3 cm³/mol. The van der Waals surface area contributed by atoms with Gasteiger partial charge in [0.1, 0.15) is 5.75 Å². The largest absolute Gasteiger partial charge is 0.497 e. The summed E-state index contributed by atoms with van der Waals surface area (Å²) in [5, 5.41) is 2.99. The van der Waals surface area contributed by atoms with Crippen LogP contribution in [0.4, 0.5) is 8.78 Å². The highest BCUT2D eigenvalue weighted by Gasteiger charge is 2.18. The second-order valence-electron chi connectivity index (χ2n) is 4.14. The van der Waals surface area contributed by atoms with Gasteiger partial charge in [0.05, 0.1) is 13.2 Å². The van der Waals surface area contributed by atoms with Crippen molar-refractivity contribution >= 4 is 0 Å². The van der Waals surface area contributed by atoms with E-state index in [1.54, 1.807) is 32.4 Å². The number of hydrogen-bond acceptors (Lipinski definition) is 2. The van der Waals surface area contributed by atoms with Gasteiger partial charge in [-0.3, -0.25) is 0 Å². The number of ether oxygens (including phenoxy) is 1. The number of halogens is 2. The van der Waals surface area contributed by atoms with Gasteiger partial charge in [-0.15, -0.1) is 0 Å². The number of rotatable bonds is 4. The number of methoxy groups -OCH3 is 1. The van der Waals surface area contributed by atoms with Gasteiger partial charge in [0.2, 0.25) is 0 Å². The maximum absolute atomic E-state index is 13.9. The Labute approximate surface area is 111 Å². The summed E-state index contributed by atoms with van der Waals surface area (Å²) in [6.07, 6.45) is 0. The fraction of sp³-hybridized carbons (Fsp3) is 0.200. The highest BCUT2D eigenvalue weighted by atomic mass is 19.2. The standard InChI is InChI=1S/C15H15F2NO/c1-18-15(10-5-3-6-11(9-10)19-2)12-7-4-8-13(16)14(12)17/h3-9,15,18H,1-2H3. The van der Waals surface area contributed by atoms with Gasteiger partial charge in [-0.1, -0.05) is 24.3 Å². The molecule has 2 nitrogen and oxygen atoms in total. The molecule has 2 rings (SSSR count). The lowest BCUT2D eigenvalue weighted by atomic mass is 9.98. The molecule has 0 bridgehead atoms. The van der Waals surface area contributed by atoms with E-state index in [0.29, 0.717) is 5.75 Å². The van der Waals surface area contributed by atoms with Gasteiger partial charge in [0, 0.05) is 5.56 Å². The van der Waals surface area contributed by atoms with E-state index in [0.717, 1.165) is 11.6 Å². The van der Waals surface area contributed by atoms with Gasteiger partial charge in [0.25, 0.3) is 0 Å². The fourth-order valence-electron chi connectivity index (χ4n) is 2.07. The summed E-state index contributed by atoms with van der Waals surface area (Å²) in [5.74, 6) is -1.00. The molecule has 0 amide bonds.